The standard InChI is InChI=1S/C14H20N4O3/c1-9-7-17(8-10(2)16-9)12-5-4-11(14(19)15-3)6-13(12)18(20)21/h4-6,9-10,16H,7-8H2,1-3H3,(H,15,19). The smallest absolute Gasteiger partial charge is 0.293 e. The highest BCUT2D eigenvalue weighted by Crippen LogP contribution is 2.30. The van der Waals surface area contributed by atoms with Crippen molar-refractivity contribution < 1.29 is 9.72 Å². The van der Waals surface area contributed by atoms with Crippen LogP contribution in [0.15, 0.2) is 18.2 Å². The molecule has 0 saturated carbocycles. The van der Waals surface area contributed by atoms with Crippen molar-refractivity contribution in [1.82, 2.24) is 10.6 Å². The van der Waals surface area contributed by atoms with Gasteiger partial charge in [-0.05, 0) is 26.0 Å². The number of hydrogen-bond donors (Lipinski definition) is 2. The van der Waals surface area contributed by atoms with Crippen molar-refractivity contribution >= 4 is 17.3 Å². The Bertz CT molecular complexity index is 551. The number of hydrogen-bond acceptors (Lipinski definition) is 5. The van der Waals surface area contributed by atoms with E-state index in [0.717, 1.165) is 0 Å². The van der Waals surface area contributed by atoms with Crippen LogP contribution in [0.2, 0.25) is 0 Å². The quantitative estimate of drug-likeness (QED) is 0.644. The van der Waals surface area contributed by atoms with E-state index in [2.05, 4.69) is 10.6 Å². The fourth-order valence-electron chi connectivity index (χ4n) is 2.75. The van der Waals surface area contributed by atoms with Crippen LogP contribution in [0.25, 0.3) is 0 Å². The summed E-state index contributed by atoms with van der Waals surface area (Å²) < 4.78 is 0. The van der Waals surface area contributed by atoms with Gasteiger partial charge < -0.3 is 15.5 Å². The highest BCUT2D eigenvalue weighted by molar-refractivity contribution is 5.95. The molecule has 7 heteroatoms. The van der Waals surface area contributed by atoms with Crippen molar-refractivity contribution in [3.05, 3.63) is 33.9 Å². The van der Waals surface area contributed by atoms with E-state index in [0.29, 0.717) is 24.3 Å². The predicted molar refractivity (Wildman–Crippen MR) is 80.8 cm³/mol. The van der Waals surface area contributed by atoms with Crippen molar-refractivity contribution in [3.8, 4) is 0 Å². The van der Waals surface area contributed by atoms with Crippen molar-refractivity contribution in [2.45, 2.75) is 25.9 Å². The second-order valence-electron chi connectivity index (χ2n) is 5.41. The average molecular weight is 292 g/mol. The summed E-state index contributed by atoms with van der Waals surface area (Å²) in [4.78, 5) is 24.5. The van der Waals surface area contributed by atoms with Gasteiger partial charge in [-0.2, -0.15) is 0 Å². The van der Waals surface area contributed by atoms with E-state index in [1.54, 1.807) is 12.1 Å². The Hall–Kier alpha value is -2.15. The molecule has 1 amide bonds. The summed E-state index contributed by atoms with van der Waals surface area (Å²) in [6, 6.07) is 5.14. The largest absolute Gasteiger partial charge is 0.363 e. The summed E-state index contributed by atoms with van der Waals surface area (Å²) in [7, 11) is 1.50. The number of nitro benzene ring substituents is 1. The van der Waals surface area contributed by atoms with Crippen molar-refractivity contribution in [2.24, 2.45) is 0 Å². The van der Waals surface area contributed by atoms with Crippen LogP contribution in [0, 0.1) is 10.1 Å². The number of carbonyl (C=O) groups is 1. The van der Waals surface area contributed by atoms with E-state index in [9.17, 15) is 14.9 Å². The third-order valence-corrected chi connectivity index (χ3v) is 3.56. The van der Waals surface area contributed by atoms with Crippen molar-refractivity contribution in [1.29, 1.82) is 0 Å². The Morgan fingerprint density at radius 3 is 2.52 bits per heavy atom. The zero-order valence-corrected chi connectivity index (χ0v) is 12.4. The van der Waals surface area contributed by atoms with Crippen molar-refractivity contribution in [3.63, 3.8) is 0 Å². The number of nitrogens with one attached hydrogen (secondary N) is 2. The maximum Gasteiger partial charge on any atom is 0.293 e. The fraction of sp³-hybridized carbons (Fsp3) is 0.500. The Labute approximate surface area is 123 Å². The Kier molecular flexibility index (Phi) is 4.42. The van der Waals surface area contributed by atoms with E-state index in [4.69, 9.17) is 0 Å². The highest BCUT2D eigenvalue weighted by Gasteiger charge is 2.27. The lowest BCUT2D eigenvalue weighted by Gasteiger charge is -2.37. The Morgan fingerprint density at radius 2 is 2.00 bits per heavy atom. The Balaban J connectivity index is 2.38. The highest BCUT2D eigenvalue weighted by atomic mass is 16.6. The van der Waals surface area contributed by atoms with Gasteiger partial charge in [-0.1, -0.05) is 0 Å². The first-order valence-electron chi connectivity index (χ1n) is 6.94. The van der Waals surface area contributed by atoms with Crippen LogP contribution in [0.4, 0.5) is 11.4 Å². The summed E-state index contributed by atoms with van der Waals surface area (Å²) in [6.07, 6.45) is 0. The average Bonchev–Trinajstić information content (AvgIpc) is 2.44. The number of amides is 1. The minimum atomic E-state index is -0.431. The van der Waals surface area contributed by atoms with Crippen LogP contribution in [0.1, 0.15) is 24.2 Å². The molecule has 21 heavy (non-hydrogen) atoms. The lowest BCUT2D eigenvalue weighted by atomic mass is 10.1. The van der Waals surface area contributed by atoms with Gasteiger partial charge in [0.05, 0.1) is 4.92 Å². The molecule has 7 nitrogen and oxygen atoms in total. The lowest BCUT2D eigenvalue weighted by molar-refractivity contribution is -0.384. The molecule has 0 bridgehead atoms. The van der Waals surface area contributed by atoms with E-state index < -0.39 is 4.92 Å². The molecule has 114 valence electrons. The number of benzene rings is 1. The summed E-state index contributed by atoms with van der Waals surface area (Å²) in [6.45, 7) is 5.50. The SMILES string of the molecule is CNC(=O)c1ccc(N2CC(C)NC(C)C2)c([N+](=O)[O-])c1. The molecule has 1 fully saturated rings. The van der Waals surface area contributed by atoms with Gasteiger partial charge in [0.15, 0.2) is 0 Å². The molecule has 0 radical (unpaired) electrons. The maximum atomic E-state index is 11.6. The van der Waals surface area contributed by atoms with Gasteiger partial charge in [0.2, 0.25) is 0 Å². The molecular formula is C14H20N4O3. The third kappa shape index (κ3) is 3.30. The fourth-order valence-corrected chi connectivity index (χ4v) is 2.75. The molecule has 0 aromatic heterocycles. The van der Waals surface area contributed by atoms with Crippen LogP contribution >= 0.6 is 0 Å². The molecule has 1 aliphatic heterocycles. The number of rotatable bonds is 3. The summed E-state index contributed by atoms with van der Waals surface area (Å²) in [5, 5.41) is 17.2. The number of anilines is 1. The van der Waals surface area contributed by atoms with Gasteiger partial charge in [0.25, 0.3) is 11.6 Å². The Morgan fingerprint density at radius 1 is 1.38 bits per heavy atom. The normalized spacial score (nSPS) is 22.0. The van der Waals surface area contributed by atoms with Crippen LogP contribution in [-0.2, 0) is 0 Å². The predicted octanol–water partition coefficient (Wildman–Crippen LogP) is 1.14. The third-order valence-electron chi connectivity index (χ3n) is 3.56. The van der Waals surface area contributed by atoms with Crippen LogP contribution in [0.5, 0.6) is 0 Å². The molecule has 0 spiro atoms. The van der Waals surface area contributed by atoms with E-state index in [1.807, 2.05) is 18.7 Å². The first-order chi connectivity index (χ1) is 9.92. The molecular weight excluding hydrogens is 272 g/mol. The van der Waals surface area contributed by atoms with Gasteiger partial charge in [-0.3, -0.25) is 14.9 Å². The number of nitrogens with zero attached hydrogens (tertiary/aromatic N) is 2. The summed E-state index contributed by atoms with van der Waals surface area (Å²) in [5.74, 6) is -0.327. The minimum absolute atomic E-state index is 0.0302. The molecule has 1 saturated heterocycles. The molecule has 2 rings (SSSR count). The zero-order chi connectivity index (χ0) is 15.6. The van der Waals surface area contributed by atoms with Gasteiger partial charge >= 0.3 is 0 Å². The van der Waals surface area contributed by atoms with Crippen LogP contribution < -0.4 is 15.5 Å². The molecule has 1 aromatic carbocycles. The molecule has 1 aliphatic rings. The minimum Gasteiger partial charge on any atom is -0.363 e. The molecule has 1 heterocycles. The second-order valence-corrected chi connectivity index (χ2v) is 5.41. The van der Waals surface area contributed by atoms with Crippen LogP contribution in [0.3, 0.4) is 0 Å². The van der Waals surface area contributed by atoms with E-state index in [1.165, 1.54) is 13.1 Å². The zero-order valence-electron chi connectivity index (χ0n) is 12.4. The monoisotopic (exact) mass is 292 g/mol. The molecule has 1 aromatic rings. The van der Waals surface area contributed by atoms with Gasteiger partial charge in [0, 0.05) is 43.9 Å². The maximum absolute atomic E-state index is 11.6. The van der Waals surface area contributed by atoms with Crippen LogP contribution in [-0.4, -0.2) is 43.1 Å². The topological polar surface area (TPSA) is 87.5 Å². The lowest BCUT2D eigenvalue weighted by Crippen LogP contribution is -2.54. The number of nitro groups is 1. The second kappa shape index (κ2) is 6.09. The van der Waals surface area contributed by atoms with E-state index in [-0.39, 0.29) is 23.7 Å². The summed E-state index contributed by atoms with van der Waals surface area (Å²) >= 11 is 0. The summed E-state index contributed by atoms with van der Waals surface area (Å²) in [5.41, 5.74) is 0.828. The molecule has 0 aliphatic carbocycles. The van der Waals surface area contributed by atoms with Gasteiger partial charge in [-0.25, -0.2) is 0 Å². The molecule has 2 unspecified atom stereocenters. The van der Waals surface area contributed by atoms with Gasteiger partial charge in [0.1, 0.15) is 5.69 Å². The number of piperazine rings is 1. The molecule has 2 atom stereocenters. The van der Waals surface area contributed by atoms with E-state index >= 15 is 0 Å². The van der Waals surface area contributed by atoms with Gasteiger partial charge in [-0.15, -0.1) is 0 Å². The van der Waals surface area contributed by atoms with Crippen molar-refractivity contribution in [2.75, 3.05) is 25.0 Å². The molecule has 2 N–H and O–H groups in total. The first kappa shape index (κ1) is 15.2. The number of carbonyl (C=O) groups excluding carboxylic acids is 1. The first-order valence-corrected chi connectivity index (χ1v) is 6.94.